The van der Waals surface area contributed by atoms with Gasteiger partial charge in [-0.25, -0.2) is 4.39 Å². The van der Waals surface area contributed by atoms with Gasteiger partial charge in [0.25, 0.3) is 0 Å². The van der Waals surface area contributed by atoms with Crippen molar-refractivity contribution in [3.05, 3.63) is 94.8 Å². The Hall–Kier alpha value is -3.12. The molecule has 0 unspecified atom stereocenters. The molecule has 2 saturated heterocycles. The van der Waals surface area contributed by atoms with Gasteiger partial charge >= 0.3 is 0 Å². The lowest BCUT2D eigenvalue weighted by Gasteiger charge is -2.40. The number of halogens is 1. The van der Waals surface area contributed by atoms with Crippen LogP contribution in [0, 0.1) is 12.7 Å². The third kappa shape index (κ3) is 4.34. The first-order valence-electron chi connectivity index (χ1n) is 12.1. The SMILES string of the molecule is Cc1cccc(Cc2cncc([C@@H]3CCCN3C(=O)C3(c4ccccc4F)CCOCC3)n2)c1. The average molecular weight is 460 g/mol. The largest absolute Gasteiger partial charge is 0.381 e. The molecule has 0 bridgehead atoms. The second-order valence-corrected chi connectivity index (χ2v) is 9.43. The van der Waals surface area contributed by atoms with Crippen LogP contribution in [0.4, 0.5) is 4.39 Å². The minimum absolute atomic E-state index is 0.0192. The normalized spacial score (nSPS) is 19.8. The third-order valence-corrected chi connectivity index (χ3v) is 7.17. The van der Waals surface area contributed by atoms with Crippen molar-refractivity contribution >= 4 is 5.91 Å². The van der Waals surface area contributed by atoms with E-state index in [1.54, 1.807) is 24.5 Å². The Kier molecular flexibility index (Phi) is 6.42. The molecular weight excluding hydrogens is 429 g/mol. The molecular formula is C28H30FN3O2. The number of aryl methyl sites for hydroxylation is 1. The van der Waals surface area contributed by atoms with Gasteiger partial charge < -0.3 is 9.64 Å². The fraction of sp³-hybridized carbons (Fsp3) is 0.393. The molecule has 6 heteroatoms. The smallest absolute Gasteiger partial charge is 0.234 e. The van der Waals surface area contributed by atoms with Crippen molar-refractivity contribution in [1.29, 1.82) is 0 Å². The molecule has 5 rings (SSSR count). The molecule has 0 aliphatic carbocycles. The van der Waals surface area contributed by atoms with Gasteiger partial charge in [0, 0.05) is 37.9 Å². The van der Waals surface area contributed by atoms with Crippen LogP contribution in [0.25, 0.3) is 0 Å². The summed E-state index contributed by atoms with van der Waals surface area (Å²) in [6, 6.07) is 14.9. The van der Waals surface area contributed by atoms with Crippen molar-refractivity contribution in [3.63, 3.8) is 0 Å². The summed E-state index contributed by atoms with van der Waals surface area (Å²) in [6.45, 7) is 3.62. The van der Waals surface area contributed by atoms with Gasteiger partial charge in [0.15, 0.2) is 0 Å². The second-order valence-electron chi connectivity index (χ2n) is 9.43. The van der Waals surface area contributed by atoms with E-state index in [0.29, 0.717) is 44.6 Å². The van der Waals surface area contributed by atoms with E-state index in [9.17, 15) is 9.18 Å². The van der Waals surface area contributed by atoms with Crippen LogP contribution in [-0.2, 0) is 21.4 Å². The van der Waals surface area contributed by atoms with Crippen molar-refractivity contribution < 1.29 is 13.9 Å². The van der Waals surface area contributed by atoms with Gasteiger partial charge in [0.1, 0.15) is 5.82 Å². The van der Waals surface area contributed by atoms with Crippen LogP contribution < -0.4 is 0 Å². The minimum atomic E-state index is -0.904. The maximum absolute atomic E-state index is 14.9. The molecule has 0 spiro atoms. The van der Waals surface area contributed by atoms with Gasteiger partial charge in [0.2, 0.25) is 5.91 Å². The summed E-state index contributed by atoms with van der Waals surface area (Å²) < 4.78 is 20.5. The lowest BCUT2D eigenvalue weighted by molar-refractivity contribution is -0.142. The highest BCUT2D eigenvalue weighted by Crippen LogP contribution is 2.42. The van der Waals surface area contributed by atoms with E-state index in [4.69, 9.17) is 9.72 Å². The number of hydrogen-bond donors (Lipinski definition) is 0. The minimum Gasteiger partial charge on any atom is -0.381 e. The molecule has 2 aliphatic rings. The predicted octanol–water partition coefficient (Wildman–Crippen LogP) is 4.93. The summed E-state index contributed by atoms with van der Waals surface area (Å²) in [5.74, 6) is -0.345. The summed E-state index contributed by atoms with van der Waals surface area (Å²) in [4.78, 5) is 25.4. The van der Waals surface area contributed by atoms with Gasteiger partial charge in [-0.1, -0.05) is 48.0 Å². The number of amides is 1. The van der Waals surface area contributed by atoms with Crippen LogP contribution in [-0.4, -0.2) is 40.5 Å². The van der Waals surface area contributed by atoms with E-state index < -0.39 is 5.41 Å². The molecule has 5 nitrogen and oxygen atoms in total. The van der Waals surface area contributed by atoms with Gasteiger partial charge in [0.05, 0.1) is 29.0 Å². The molecule has 34 heavy (non-hydrogen) atoms. The third-order valence-electron chi connectivity index (χ3n) is 7.17. The zero-order valence-corrected chi connectivity index (χ0v) is 19.5. The topological polar surface area (TPSA) is 55.3 Å². The molecule has 3 heterocycles. The highest BCUT2D eigenvalue weighted by molar-refractivity contribution is 5.89. The van der Waals surface area contributed by atoms with Crippen molar-refractivity contribution in [2.24, 2.45) is 0 Å². The first-order valence-corrected chi connectivity index (χ1v) is 12.1. The lowest BCUT2D eigenvalue weighted by Crippen LogP contribution is -2.50. The summed E-state index contributed by atoms with van der Waals surface area (Å²) in [5, 5.41) is 0. The Morgan fingerprint density at radius 1 is 1.15 bits per heavy atom. The number of carbonyl (C=O) groups is 1. The fourth-order valence-electron chi connectivity index (χ4n) is 5.46. The van der Waals surface area contributed by atoms with Crippen molar-refractivity contribution in [3.8, 4) is 0 Å². The van der Waals surface area contributed by atoms with E-state index in [-0.39, 0.29) is 17.8 Å². The monoisotopic (exact) mass is 459 g/mol. The zero-order chi connectivity index (χ0) is 23.5. The molecule has 0 saturated carbocycles. The molecule has 1 atom stereocenters. The van der Waals surface area contributed by atoms with Crippen LogP contribution in [0.2, 0.25) is 0 Å². The molecule has 176 valence electrons. The first kappa shape index (κ1) is 22.7. The average Bonchev–Trinajstić information content (AvgIpc) is 3.34. The van der Waals surface area contributed by atoms with Crippen LogP contribution in [0.5, 0.6) is 0 Å². The van der Waals surface area contributed by atoms with Crippen molar-refractivity contribution in [2.45, 2.75) is 50.5 Å². The van der Waals surface area contributed by atoms with Crippen LogP contribution in [0.3, 0.4) is 0 Å². The lowest BCUT2D eigenvalue weighted by atomic mass is 9.72. The standard InChI is InChI=1S/C28H30FN3O2/c1-20-6-4-7-21(16-20)17-22-18-30-19-25(31-22)26-10-5-13-32(26)27(33)28(11-14-34-15-12-28)23-8-2-3-9-24(23)29/h2-4,6-9,16,18-19,26H,5,10-15,17H2,1H3/t26-/m0/s1. The summed E-state index contributed by atoms with van der Waals surface area (Å²) >= 11 is 0. The molecule has 1 amide bonds. The van der Waals surface area contributed by atoms with Crippen LogP contribution in [0.15, 0.2) is 60.9 Å². The summed E-state index contributed by atoms with van der Waals surface area (Å²) in [7, 11) is 0. The van der Waals surface area contributed by atoms with Gasteiger partial charge in [-0.3, -0.25) is 14.8 Å². The van der Waals surface area contributed by atoms with Gasteiger partial charge in [-0.15, -0.1) is 0 Å². The summed E-state index contributed by atoms with van der Waals surface area (Å²) in [6.07, 6.45) is 6.95. The van der Waals surface area contributed by atoms with E-state index in [1.807, 2.05) is 11.0 Å². The van der Waals surface area contributed by atoms with Gasteiger partial charge in [-0.05, 0) is 44.2 Å². The number of aromatic nitrogens is 2. The highest BCUT2D eigenvalue weighted by Gasteiger charge is 2.48. The van der Waals surface area contributed by atoms with Gasteiger partial charge in [-0.2, -0.15) is 0 Å². The number of hydrogen-bond acceptors (Lipinski definition) is 4. The van der Waals surface area contributed by atoms with Crippen molar-refractivity contribution in [2.75, 3.05) is 19.8 Å². The molecule has 1 aromatic heterocycles. The number of rotatable bonds is 5. The number of nitrogens with zero attached hydrogens (tertiary/aromatic N) is 3. The second kappa shape index (κ2) is 9.63. The van der Waals surface area contributed by atoms with E-state index >= 15 is 0 Å². The summed E-state index contributed by atoms with van der Waals surface area (Å²) in [5.41, 5.74) is 3.67. The van der Waals surface area contributed by atoms with E-state index in [1.165, 1.54) is 17.2 Å². The Balaban J connectivity index is 1.44. The zero-order valence-electron chi connectivity index (χ0n) is 19.5. The molecule has 0 radical (unpaired) electrons. The molecule has 2 fully saturated rings. The molecule has 3 aromatic rings. The Morgan fingerprint density at radius 2 is 1.97 bits per heavy atom. The van der Waals surface area contributed by atoms with Crippen molar-refractivity contribution in [1.82, 2.24) is 14.9 Å². The number of likely N-dealkylation sites (tertiary alicyclic amines) is 1. The van der Waals surface area contributed by atoms with E-state index in [0.717, 1.165) is 24.2 Å². The number of benzene rings is 2. The predicted molar refractivity (Wildman–Crippen MR) is 128 cm³/mol. The number of ether oxygens (including phenoxy) is 1. The molecule has 0 N–H and O–H groups in total. The highest BCUT2D eigenvalue weighted by atomic mass is 19.1. The quantitative estimate of drug-likeness (QED) is 0.543. The van der Waals surface area contributed by atoms with Crippen LogP contribution >= 0.6 is 0 Å². The number of carbonyl (C=O) groups excluding carboxylic acids is 1. The Labute approximate surface area is 200 Å². The molecule has 2 aromatic carbocycles. The van der Waals surface area contributed by atoms with Crippen LogP contribution in [0.1, 0.15) is 59.8 Å². The fourth-order valence-corrected chi connectivity index (χ4v) is 5.46. The molecule has 2 aliphatic heterocycles. The Bertz CT molecular complexity index is 1180. The first-order chi connectivity index (χ1) is 16.6. The maximum atomic E-state index is 14.9. The van der Waals surface area contributed by atoms with E-state index in [2.05, 4.69) is 36.2 Å². The Morgan fingerprint density at radius 3 is 2.76 bits per heavy atom. The maximum Gasteiger partial charge on any atom is 0.234 e.